The quantitative estimate of drug-likeness (QED) is 0.860. The predicted molar refractivity (Wildman–Crippen MR) is 68.5 cm³/mol. The molecule has 2 atom stereocenters. The third kappa shape index (κ3) is 3.77. The lowest BCUT2D eigenvalue weighted by Crippen LogP contribution is -2.37. The molecule has 1 amide bonds. The van der Waals surface area contributed by atoms with Gasteiger partial charge in [-0.25, -0.2) is 4.39 Å². The van der Waals surface area contributed by atoms with Gasteiger partial charge in [0.25, 0.3) is 0 Å². The van der Waals surface area contributed by atoms with E-state index in [1.807, 2.05) is 0 Å². The lowest BCUT2D eigenvalue weighted by Gasteiger charge is -2.19. The van der Waals surface area contributed by atoms with Gasteiger partial charge in [0.1, 0.15) is 11.9 Å². The molecule has 0 aliphatic carbocycles. The second-order valence-corrected chi connectivity index (χ2v) is 4.71. The largest absolute Gasteiger partial charge is 0.481 e. The van der Waals surface area contributed by atoms with Gasteiger partial charge >= 0.3 is 5.97 Å². The first kappa shape index (κ1) is 14.5. The van der Waals surface area contributed by atoms with Gasteiger partial charge in [0, 0.05) is 6.61 Å². The van der Waals surface area contributed by atoms with E-state index in [2.05, 4.69) is 5.32 Å². The fraction of sp³-hybridized carbons (Fsp3) is 0.429. The molecule has 0 bridgehead atoms. The van der Waals surface area contributed by atoms with Crippen molar-refractivity contribution in [3.63, 3.8) is 0 Å². The van der Waals surface area contributed by atoms with Crippen molar-refractivity contribution >= 4 is 11.9 Å². The molecule has 1 heterocycles. The van der Waals surface area contributed by atoms with Gasteiger partial charge in [0.2, 0.25) is 5.91 Å². The summed E-state index contributed by atoms with van der Waals surface area (Å²) in [7, 11) is 0. The SMILES string of the molecule is O=C(O)C[C@@H](NC(=O)[C@H]1CCCO1)c1ccc(F)cc1. The maximum atomic E-state index is 12.9. The highest BCUT2D eigenvalue weighted by Crippen LogP contribution is 2.19. The van der Waals surface area contributed by atoms with Crippen LogP contribution >= 0.6 is 0 Å². The number of halogens is 1. The molecule has 2 rings (SSSR count). The van der Waals surface area contributed by atoms with Crippen LogP contribution < -0.4 is 5.32 Å². The van der Waals surface area contributed by atoms with Crippen LogP contribution in [-0.2, 0) is 14.3 Å². The molecule has 20 heavy (non-hydrogen) atoms. The molecule has 1 aliphatic heterocycles. The van der Waals surface area contributed by atoms with E-state index in [0.717, 1.165) is 6.42 Å². The molecule has 0 aromatic heterocycles. The number of nitrogens with one attached hydrogen (secondary N) is 1. The second kappa shape index (κ2) is 6.47. The Balaban J connectivity index is 2.08. The number of amides is 1. The zero-order valence-corrected chi connectivity index (χ0v) is 10.8. The standard InChI is InChI=1S/C14H16FNO4/c15-10-5-3-9(4-6-10)11(8-13(17)18)16-14(19)12-2-1-7-20-12/h3-6,11-12H,1-2,7-8H2,(H,16,19)(H,17,18)/t11-,12-/m1/s1. The van der Waals surface area contributed by atoms with Crippen LogP contribution in [0.25, 0.3) is 0 Å². The molecule has 1 fully saturated rings. The average molecular weight is 281 g/mol. The smallest absolute Gasteiger partial charge is 0.305 e. The van der Waals surface area contributed by atoms with Crippen LogP contribution in [0.4, 0.5) is 4.39 Å². The molecule has 5 nitrogen and oxygen atoms in total. The third-order valence-corrected chi connectivity index (χ3v) is 3.19. The molecule has 2 N–H and O–H groups in total. The molecule has 0 spiro atoms. The summed E-state index contributed by atoms with van der Waals surface area (Å²) in [6, 6.07) is 4.73. The Morgan fingerprint density at radius 3 is 2.65 bits per heavy atom. The van der Waals surface area contributed by atoms with Crippen molar-refractivity contribution in [2.24, 2.45) is 0 Å². The zero-order valence-electron chi connectivity index (χ0n) is 10.8. The lowest BCUT2D eigenvalue weighted by molar-refractivity contribution is -0.138. The van der Waals surface area contributed by atoms with Crippen LogP contribution in [0, 0.1) is 5.82 Å². The van der Waals surface area contributed by atoms with Gasteiger partial charge in [-0.15, -0.1) is 0 Å². The molecule has 6 heteroatoms. The van der Waals surface area contributed by atoms with Crippen LogP contribution in [0.1, 0.15) is 30.9 Å². The number of rotatable bonds is 5. The van der Waals surface area contributed by atoms with Gasteiger partial charge in [-0.05, 0) is 30.5 Å². The monoisotopic (exact) mass is 281 g/mol. The van der Waals surface area contributed by atoms with Crippen molar-refractivity contribution in [1.82, 2.24) is 5.32 Å². The van der Waals surface area contributed by atoms with Gasteiger partial charge < -0.3 is 15.2 Å². The summed E-state index contributed by atoms with van der Waals surface area (Å²) in [4.78, 5) is 22.9. The van der Waals surface area contributed by atoms with E-state index in [1.165, 1.54) is 24.3 Å². The van der Waals surface area contributed by atoms with Crippen LogP contribution in [0.2, 0.25) is 0 Å². The van der Waals surface area contributed by atoms with Crippen molar-refractivity contribution in [2.75, 3.05) is 6.61 Å². The molecule has 108 valence electrons. The minimum atomic E-state index is -1.04. The Bertz CT molecular complexity index is 482. The number of carboxylic acids is 1. The zero-order chi connectivity index (χ0) is 14.5. The minimum absolute atomic E-state index is 0.260. The Morgan fingerprint density at radius 1 is 1.40 bits per heavy atom. The molecule has 1 aliphatic rings. The van der Waals surface area contributed by atoms with Crippen molar-refractivity contribution in [1.29, 1.82) is 0 Å². The number of benzene rings is 1. The van der Waals surface area contributed by atoms with Crippen molar-refractivity contribution in [3.8, 4) is 0 Å². The van der Waals surface area contributed by atoms with Gasteiger partial charge in [0.05, 0.1) is 12.5 Å². The van der Waals surface area contributed by atoms with Gasteiger partial charge in [-0.1, -0.05) is 12.1 Å². The molecule has 0 unspecified atom stereocenters. The van der Waals surface area contributed by atoms with E-state index >= 15 is 0 Å². The van der Waals surface area contributed by atoms with E-state index in [1.54, 1.807) is 0 Å². The summed E-state index contributed by atoms with van der Waals surface area (Å²) in [6.45, 7) is 0.540. The molecule has 0 saturated carbocycles. The van der Waals surface area contributed by atoms with Gasteiger partial charge in [-0.2, -0.15) is 0 Å². The average Bonchev–Trinajstić information content (AvgIpc) is 2.92. The first-order chi connectivity index (χ1) is 9.56. The number of carboxylic acid groups (broad SMARTS) is 1. The maximum Gasteiger partial charge on any atom is 0.305 e. The van der Waals surface area contributed by atoms with E-state index in [0.29, 0.717) is 18.6 Å². The first-order valence-electron chi connectivity index (χ1n) is 6.45. The maximum absolute atomic E-state index is 12.9. The highest BCUT2D eigenvalue weighted by atomic mass is 19.1. The summed E-state index contributed by atoms with van der Waals surface area (Å²) >= 11 is 0. The van der Waals surface area contributed by atoms with Crippen molar-refractivity contribution in [3.05, 3.63) is 35.6 Å². The van der Waals surface area contributed by atoms with E-state index < -0.39 is 23.9 Å². The second-order valence-electron chi connectivity index (χ2n) is 4.71. The summed E-state index contributed by atoms with van der Waals surface area (Å²) < 4.78 is 18.2. The Hall–Kier alpha value is -1.95. The minimum Gasteiger partial charge on any atom is -0.481 e. The summed E-state index contributed by atoms with van der Waals surface area (Å²) in [6.07, 6.45) is 0.670. The summed E-state index contributed by atoms with van der Waals surface area (Å²) in [5.74, 6) is -1.77. The Kier molecular flexibility index (Phi) is 4.68. The fourth-order valence-electron chi connectivity index (χ4n) is 2.17. The third-order valence-electron chi connectivity index (χ3n) is 3.19. The number of aliphatic carboxylic acids is 1. The van der Waals surface area contributed by atoms with Crippen LogP contribution in [-0.4, -0.2) is 29.7 Å². The van der Waals surface area contributed by atoms with Crippen LogP contribution in [0.15, 0.2) is 24.3 Å². The highest BCUT2D eigenvalue weighted by Gasteiger charge is 2.27. The fourth-order valence-corrected chi connectivity index (χ4v) is 2.17. The van der Waals surface area contributed by atoms with E-state index in [9.17, 15) is 14.0 Å². The normalized spacial score (nSPS) is 19.6. The molecule has 1 aromatic rings. The Morgan fingerprint density at radius 2 is 2.10 bits per heavy atom. The molecule has 0 radical (unpaired) electrons. The number of hydrogen-bond acceptors (Lipinski definition) is 3. The van der Waals surface area contributed by atoms with Crippen LogP contribution in [0.5, 0.6) is 0 Å². The summed E-state index contributed by atoms with van der Waals surface area (Å²) in [5, 5.41) is 11.6. The number of hydrogen-bond donors (Lipinski definition) is 2. The van der Waals surface area contributed by atoms with Gasteiger partial charge in [-0.3, -0.25) is 9.59 Å². The molecular weight excluding hydrogens is 265 g/mol. The van der Waals surface area contributed by atoms with E-state index in [4.69, 9.17) is 9.84 Å². The Labute approximate surface area is 115 Å². The molecule has 1 aromatic carbocycles. The molecular formula is C14H16FNO4. The number of ether oxygens (including phenoxy) is 1. The number of carbonyl (C=O) groups is 2. The van der Waals surface area contributed by atoms with Crippen molar-refractivity contribution < 1.29 is 23.8 Å². The topological polar surface area (TPSA) is 75.6 Å². The van der Waals surface area contributed by atoms with Crippen LogP contribution in [0.3, 0.4) is 0 Å². The first-order valence-corrected chi connectivity index (χ1v) is 6.45. The molecule has 1 saturated heterocycles. The summed E-state index contributed by atoms with van der Waals surface area (Å²) in [5.41, 5.74) is 0.556. The van der Waals surface area contributed by atoms with Gasteiger partial charge in [0.15, 0.2) is 0 Å². The van der Waals surface area contributed by atoms with Crippen molar-refractivity contribution in [2.45, 2.75) is 31.4 Å². The highest BCUT2D eigenvalue weighted by molar-refractivity contribution is 5.82. The predicted octanol–water partition coefficient (Wildman–Crippen LogP) is 1.64. The lowest BCUT2D eigenvalue weighted by atomic mass is 10.0. The van der Waals surface area contributed by atoms with E-state index in [-0.39, 0.29) is 12.3 Å². The number of carbonyl (C=O) groups excluding carboxylic acids is 1.